The maximum absolute atomic E-state index is 12.2. The van der Waals surface area contributed by atoms with Crippen LogP contribution in [0.5, 0.6) is 0 Å². The van der Waals surface area contributed by atoms with Crippen molar-refractivity contribution >= 4 is 26.0 Å². The van der Waals surface area contributed by atoms with Crippen LogP contribution in [0.3, 0.4) is 0 Å². The van der Waals surface area contributed by atoms with Crippen molar-refractivity contribution in [2.75, 3.05) is 6.54 Å². The second kappa shape index (κ2) is 5.31. The van der Waals surface area contributed by atoms with E-state index in [1.54, 1.807) is 18.2 Å². The zero-order chi connectivity index (χ0) is 13.2. The van der Waals surface area contributed by atoms with Gasteiger partial charge in [0.1, 0.15) is 0 Å². The van der Waals surface area contributed by atoms with Crippen LogP contribution in [0.2, 0.25) is 0 Å². The van der Waals surface area contributed by atoms with Gasteiger partial charge in [-0.05, 0) is 52.7 Å². The van der Waals surface area contributed by atoms with Gasteiger partial charge in [0.05, 0.1) is 4.90 Å². The van der Waals surface area contributed by atoms with E-state index in [1.807, 2.05) is 6.07 Å². The third-order valence-electron chi connectivity index (χ3n) is 3.50. The van der Waals surface area contributed by atoms with E-state index in [-0.39, 0.29) is 5.41 Å². The van der Waals surface area contributed by atoms with Gasteiger partial charge in [-0.1, -0.05) is 25.5 Å². The molecule has 0 unspecified atom stereocenters. The minimum absolute atomic E-state index is 0.225. The molecule has 0 spiro atoms. The Hall–Kier alpha value is -0.390. The zero-order valence-corrected chi connectivity index (χ0v) is 12.9. The van der Waals surface area contributed by atoms with Crippen LogP contribution < -0.4 is 4.72 Å². The molecule has 18 heavy (non-hydrogen) atoms. The van der Waals surface area contributed by atoms with E-state index < -0.39 is 10.0 Å². The van der Waals surface area contributed by atoms with Gasteiger partial charge >= 0.3 is 0 Å². The summed E-state index contributed by atoms with van der Waals surface area (Å²) in [6, 6.07) is 6.90. The summed E-state index contributed by atoms with van der Waals surface area (Å²) in [5.41, 5.74) is 0.225. The lowest BCUT2D eigenvalue weighted by molar-refractivity contribution is 0.449. The van der Waals surface area contributed by atoms with Crippen molar-refractivity contribution in [2.45, 2.75) is 37.5 Å². The first kappa shape index (κ1) is 14.0. The maximum Gasteiger partial charge on any atom is 0.241 e. The third kappa shape index (κ3) is 3.13. The van der Waals surface area contributed by atoms with Crippen molar-refractivity contribution in [3.63, 3.8) is 0 Å². The number of hydrogen-bond donors (Lipinski definition) is 1. The summed E-state index contributed by atoms with van der Waals surface area (Å²) in [7, 11) is -3.40. The van der Waals surface area contributed by atoms with E-state index in [1.165, 1.54) is 0 Å². The molecule has 0 aromatic heterocycles. The lowest BCUT2D eigenvalue weighted by Gasteiger charge is -2.15. The molecular formula is C13H18BrNO2S. The highest BCUT2D eigenvalue weighted by atomic mass is 79.9. The molecule has 100 valence electrons. The highest BCUT2D eigenvalue weighted by molar-refractivity contribution is 9.10. The Morgan fingerprint density at radius 2 is 2.00 bits per heavy atom. The molecule has 1 aromatic rings. The van der Waals surface area contributed by atoms with Crippen molar-refractivity contribution in [2.24, 2.45) is 5.41 Å². The SMILES string of the molecule is CCCC1(CNS(=O)(=O)c2ccccc2Br)CC1. The molecule has 1 saturated carbocycles. The fraction of sp³-hybridized carbons (Fsp3) is 0.538. The Labute approximate surface area is 117 Å². The molecule has 0 amide bonds. The van der Waals surface area contributed by atoms with Crippen LogP contribution in [-0.2, 0) is 10.0 Å². The van der Waals surface area contributed by atoms with Gasteiger partial charge in [0.15, 0.2) is 0 Å². The van der Waals surface area contributed by atoms with Crippen molar-refractivity contribution in [3.05, 3.63) is 28.7 Å². The Morgan fingerprint density at radius 3 is 2.56 bits per heavy atom. The van der Waals surface area contributed by atoms with E-state index in [4.69, 9.17) is 0 Å². The number of hydrogen-bond acceptors (Lipinski definition) is 2. The van der Waals surface area contributed by atoms with Crippen molar-refractivity contribution in [3.8, 4) is 0 Å². The molecule has 1 aliphatic rings. The molecule has 1 aliphatic carbocycles. The molecule has 0 atom stereocenters. The second-order valence-corrected chi connectivity index (χ2v) is 7.59. The van der Waals surface area contributed by atoms with E-state index in [2.05, 4.69) is 27.6 Å². The van der Waals surface area contributed by atoms with Crippen LogP contribution in [0.15, 0.2) is 33.6 Å². The van der Waals surface area contributed by atoms with E-state index >= 15 is 0 Å². The van der Waals surface area contributed by atoms with Crippen molar-refractivity contribution in [1.29, 1.82) is 0 Å². The lowest BCUT2D eigenvalue weighted by atomic mass is 10.0. The van der Waals surface area contributed by atoms with E-state index in [0.717, 1.165) is 25.7 Å². The Kier molecular flexibility index (Phi) is 4.14. The first-order valence-electron chi connectivity index (χ1n) is 6.23. The predicted octanol–water partition coefficient (Wildman–Crippen LogP) is 3.31. The monoisotopic (exact) mass is 331 g/mol. The van der Waals surface area contributed by atoms with E-state index in [0.29, 0.717) is 15.9 Å². The molecule has 0 bridgehead atoms. The van der Waals surface area contributed by atoms with Gasteiger partial charge < -0.3 is 0 Å². The summed E-state index contributed by atoms with van der Waals surface area (Å²) in [5, 5.41) is 0. The molecule has 1 aromatic carbocycles. The topological polar surface area (TPSA) is 46.2 Å². The summed E-state index contributed by atoms with van der Waals surface area (Å²) < 4.78 is 27.7. The minimum Gasteiger partial charge on any atom is -0.211 e. The highest BCUT2D eigenvalue weighted by Crippen LogP contribution is 2.49. The highest BCUT2D eigenvalue weighted by Gasteiger charge is 2.42. The van der Waals surface area contributed by atoms with Gasteiger partial charge in [0, 0.05) is 11.0 Å². The van der Waals surface area contributed by atoms with Crippen LogP contribution in [0.1, 0.15) is 32.6 Å². The summed E-state index contributed by atoms with van der Waals surface area (Å²) >= 11 is 3.28. The van der Waals surface area contributed by atoms with Gasteiger partial charge in [-0.15, -0.1) is 0 Å². The fourth-order valence-corrected chi connectivity index (χ4v) is 4.37. The van der Waals surface area contributed by atoms with Gasteiger partial charge in [-0.25, -0.2) is 13.1 Å². The van der Waals surface area contributed by atoms with E-state index in [9.17, 15) is 8.42 Å². The molecule has 1 N–H and O–H groups in total. The molecule has 0 saturated heterocycles. The average molecular weight is 332 g/mol. The zero-order valence-electron chi connectivity index (χ0n) is 10.4. The molecule has 5 heteroatoms. The third-order valence-corrected chi connectivity index (χ3v) is 5.91. The number of rotatable bonds is 6. The number of halogens is 1. The Morgan fingerprint density at radius 1 is 1.33 bits per heavy atom. The summed E-state index contributed by atoms with van der Waals surface area (Å²) in [4.78, 5) is 0.317. The molecule has 2 rings (SSSR count). The summed E-state index contributed by atoms with van der Waals surface area (Å²) in [6.07, 6.45) is 4.49. The predicted molar refractivity (Wildman–Crippen MR) is 75.9 cm³/mol. The molecule has 1 fully saturated rings. The van der Waals surface area contributed by atoms with Crippen LogP contribution in [0.25, 0.3) is 0 Å². The normalized spacial score (nSPS) is 17.7. The summed E-state index contributed by atoms with van der Waals surface area (Å²) in [6.45, 7) is 2.70. The first-order chi connectivity index (χ1) is 8.49. The number of benzene rings is 1. The quantitative estimate of drug-likeness (QED) is 0.869. The van der Waals surface area contributed by atoms with Gasteiger partial charge in [-0.3, -0.25) is 0 Å². The fourth-order valence-electron chi connectivity index (χ4n) is 2.21. The maximum atomic E-state index is 12.2. The molecular weight excluding hydrogens is 314 g/mol. The largest absolute Gasteiger partial charge is 0.241 e. The lowest BCUT2D eigenvalue weighted by Crippen LogP contribution is -2.30. The second-order valence-electron chi connectivity index (χ2n) is 5.00. The Bertz CT molecular complexity index is 524. The Balaban J connectivity index is 2.07. The molecule has 0 radical (unpaired) electrons. The smallest absolute Gasteiger partial charge is 0.211 e. The van der Waals surface area contributed by atoms with Crippen LogP contribution in [0.4, 0.5) is 0 Å². The van der Waals surface area contributed by atoms with Crippen molar-refractivity contribution < 1.29 is 8.42 Å². The standard InChI is InChI=1S/C13H18BrNO2S/c1-2-7-13(8-9-13)10-15-18(16,17)12-6-4-3-5-11(12)14/h3-6,15H,2,7-10H2,1H3. The average Bonchev–Trinajstić information content (AvgIpc) is 3.08. The van der Waals surface area contributed by atoms with Gasteiger partial charge in [0.2, 0.25) is 10.0 Å². The minimum atomic E-state index is -3.40. The molecule has 0 aliphatic heterocycles. The molecule has 0 heterocycles. The van der Waals surface area contributed by atoms with Gasteiger partial charge in [0.25, 0.3) is 0 Å². The number of sulfonamides is 1. The summed E-state index contributed by atoms with van der Waals surface area (Å²) in [5.74, 6) is 0. The van der Waals surface area contributed by atoms with Gasteiger partial charge in [-0.2, -0.15) is 0 Å². The van der Waals surface area contributed by atoms with Crippen LogP contribution in [0, 0.1) is 5.41 Å². The molecule has 3 nitrogen and oxygen atoms in total. The van der Waals surface area contributed by atoms with Crippen molar-refractivity contribution in [1.82, 2.24) is 4.72 Å². The number of nitrogens with one attached hydrogen (secondary N) is 1. The van der Waals surface area contributed by atoms with Crippen LogP contribution in [-0.4, -0.2) is 15.0 Å². The first-order valence-corrected chi connectivity index (χ1v) is 8.51. The van der Waals surface area contributed by atoms with Crippen LogP contribution >= 0.6 is 15.9 Å².